The number of aromatic nitrogens is 1. The molecular formula is C18H26N4O3. The van der Waals surface area contributed by atoms with Crippen molar-refractivity contribution in [1.82, 2.24) is 19.7 Å². The molecule has 1 amide bonds. The highest BCUT2D eigenvalue weighted by atomic mass is 16.4. The van der Waals surface area contributed by atoms with Gasteiger partial charge in [0.2, 0.25) is 5.91 Å². The van der Waals surface area contributed by atoms with Crippen molar-refractivity contribution in [3.05, 3.63) is 29.6 Å². The van der Waals surface area contributed by atoms with E-state index in [-0.39, 0.29) is 11.9 Å². The molecule has 136 valence electrons. The molecule has 0 bridgehead atoms. The summed E-state index contributed by atoms with van der Waals surface area (Å²) in [7, 11) is 0. The van der Waals surface area contributed by atoms with Crippen LogP contribution in [-0.2, 0) is 16.1 Å². The number of hydrogen-bond acceptors (Lipinski definition) is 5. The van der Waals surface area contributed by atoms with Gasteiger partial charge in [0.05, 0.1) is 11.6 Å². The zero-order chi connectivity index (χ0) is 18.0. The lowest BCUT2D eigenvalue weighted by atomic mass is 10.1. The number of aliphatic carboxylic acids is 1. The van der Waals surface area contributed by atoms with Crippen molar-refractivity contribution in [3.63, 3.8) is 0 Å². The van der Waals surface area contributed by atoms with Crippen LogP contribution in [0.15, 0.2) is 18.2 Å². The number of carboxylic acids is 1. The molecule has 1 aromatic rings. The Kier molecular flexibility index (Phi) is 5.34. The average molecular weight is 346 g/mol. The number of pyridine rings is 1. The molecule has 3 heterocycles. The molecule has 1 aromatic heterocycles. The Morgan fingerprint density at radius 2 is 2.00 bits per heavy atom. The Hall–Kier alpha value is -1.99. The summed E-state index contributed by atoms with van der Waals surface area (Å²) in [6, 6.07) is 6.22. The normalized spacial score (nSPS) is 25.3. The summed E-state index contributed by atoms with van der Waals surface area (Å²) < 4.78 is 0. The minimum absolute atomic E-state index is 0.0504. The summed E-state index contributed by atoms with van der Waals surface area (Å²) >= 11 is 0. The molecule has 0 aliphatic carbocycles. The van der Waals surface area contributed by atoms with Crippen LogP contribution in [0.2, 0.25) is 0 Å². The topological polar surface area (TPSA) is 77.0 Å². The molecule has 3 rings (SSSR count). The van der Waals surface area contributed by atoms with Gasteiger partial charge >= 0.3 is 5.97 Å². The molecule has 1 N–H and O–H groups in total. The summed E-state index contributed by atoms with van der Waals surface area (Å²) in [6.45, 7) is 8.24. The van der Waals surface area contributed by atoms with Gasteiger partial charge in [0.1, 0.15) is 0 Å². The van der Waals surface area contributed by atoms with Gasteiger partial charge < -0.3 is 10.0 Å². The maximum absolute atomic E-state index is 11.9. The van der Waals surface area contributed by atoms with E-state index in [1.807, 2.05) is 25.1 Å². The first-order valence-corrected chi connectivity index (χ1v) is 8.79. The lowest BCUT2D eigenvalue weighted by Crippen LogP contribution is -2.55. The van der Waals surface area contributed by atoms with Crippen LogP contribution in [0.25, 0.3) is 0 Å². The number of carbonyl (C=O) groups is 2. The third-order valence-corrected chi connectivity index (χ3v) is 5.14. The number of carbonyl (C=O) groups excluding carboxylic acids is 1. The first kappa shape index (κ1) is 17.8. The number of carboxylic acid groups (broad SMARTS) is 1. The van der Waals surface area contributed by atoms with Crippen LogP contribution in [0.3, 0.4) is 0 Å². The van der Waals surface area contributed by atoms with Crippen molar-refractivity contribution in [2.24, 2.45) is 5.92 Å². The average Bonchev–Trinajstić information content (AvgIpc) is 2.74. The minimum atomic E-state index is -0.821. The van der Waals surface area contributed by atoms with E-state index in [9.17, 15) is 14.7 Å². The quantitative estimate of drug-likeness (QED) is 0.856. The van der Waals surface area contributed by atoms with Gasteiger partial charge in [-0.2, -0.15) is 0 Å². The number of hydrogen-bond donors (Lipinski definition) is 1. The smallest absolute Gasteiger partial charge is 0.309 e. The molecule has 7 nitrogen and oxygen atoms in total. The number of aryl methyl sites for hydroxylation is 1. The Balaban J connectivity index is 1.70. The summed E-state index contributed by atoms with van der Waals surface area (Å²) in [5.41, 5.74) is 2.06. The number of fused-ring (bicyclic) bond motifs is 1. The molecule has 0 unspecified atom stereocenters. The second-order valence-corrected chi connectivity index (χ2v) is 7.11. The molecule has 2 aliphatic heterocycles. The SMILES string of the molecule is CC(=O)N1C[C@@H](C(=O)O)CN2CCN(Cc3cccc(C)n3)C[C@H]2C1. The van der Waals surface area contributed by atoms with E-state index in [2.05, 4.69) is 14.8 Å². The van der Waals surface area contributed by atoms with E-state index in [0.717, 1.165) is 37.6 Å². The number of amides is 1. The fourth-order valence-corrected chi connectivity index (χ4v) is 3.78. The van der Waals surface area contributed by atoms with Crippen LogP contribution in [0.1, 0.15) is 18.3 Å². The highest BCUT2D eigenvalue weighted by molar-refractivity contribution is 5.75. The molecule has 0 saturated carbocycles. The largest absolute Gasteiger partial charge is 0.481 e. The third kappa shape index (κ3) is 4.35. The third-order valence-electron chi connectivity index (χ3n) is 5.14. The van der Waals surface area contributed by atoms with Crippen molar-refractivity contribution < 1.29 is 14.7 Å². The van der Waals surface area contributed by atoms with E-state index in [1.165, 1.54) is 6.92 Å². The van der Waals surface area contributed by atoms with Gasteiger partial charge in [0.15, 0.2) is 0 Å². The van der Waals surface area contributed by atoms with Crippen LogP contribution in [0.4, 0.5) is 0 Å². The van der Waals surface area contributed by atoms with E-state index in [1.54, 1.807) is 4.90 Å². The predicted molar refractivity (Wildman–Crippen MR) is 93.0 cm³/mol. The van der Waals surface area contributed by atoms with Crippen molar-refractivity contribution in [1.29, 1.82) is 0 Å². The summed E-state index contributed by atoms with van der Waals surface area (Å²) in [4.78, 5) is 34.2. The Morgan fingerprint density at radius 1 is 1.20 bits per heavy atom. The van der Waals surface area contributed by atoms with Crippen LogP contribution in [0, 0.1) is 12.8 Å². The van der Waals surface area contributed by atoms with Crippen molar-refractivity contribution in [2.75, 3.05) is 39.3 Å². The summed E-state index contributed by atoms with van der Waals surface area (Å²) in [5.74, 6) is -1.39. The predicted octanol–water partition coefficient (Wildman–Crippen LogP) is 0.439. The number of rotatable bonds is 3. The van der Waals surface area contributed by atoms with Crippen LogP contribution in [-0.4, -0.2) is 82.0 Å². The molecular weight excluding hydrogens is 320 g/mol. The molecule has 2 fully saturated rings. The molecule has 0 aromatic carbocycles. The van der Waals surface area contributed by atoms with Gasteiger partial charge in [-0.3, -0.25) is 24.4 Å². The zero-order valence-electron chi connectivity index (χ0n) is 14.9. The molecule has 0 spiro atoms. The van der Waals surface area contributed by atoms with Gasteiger partial charge in [0.25, 0.3) is 0 Å². The Labute approximate surface area is 148 Å². The summed E-state index contributed by atoms with van der Waals surface area (Å²) in [5, 5.41) is 9.44. The Bertz CT molecular complexity index is 651. The first-order chi connectivity index (χ1) is 11.9. The molecule has 2 aliphatic rings. The van der Waals surface area contributed by atoms with E-state index in [0.29, 0.717) is 19.6 Å². The highest BCUT2D eigenvalue weighted by Gasteiger charge is 2.37. The zero-order valence-corrected chi connectivity index (χ0v) is 14.9. The lowest BCUT2D eigenvalue weighted by molar-refractivity contribution is -0.143. The molecule has 7 heteroatoms. The van der Waals surface area contributed by atoms with Crippen molar-refractivity contribution >= 4 is 11.9 Å². The fraction of sp³-hybridized carbons (Fsp3) is 0.611. The van der Waals surface area contributed by atoms with Gasteiger partial charge in [-0.05, 0) is 19.1 Å². The maximum atomic E-state index is 11.9. The first-order valence-electron chi connectivity index (χ1n) is 8.79. The second kappa shape index (κ2) is 7.49. The molecule has 2 atom stereocenters. The fourth-order valence-electron chi connectivity index (χ4n) is 3.78. The molecule has 2 saturated heterocycles. The van der Waals surface area contributed by atoms with E-state index >= 15 is 0 Å². The summed E-state index contributed by atoms with van der Waals surface area (Å²) in [6.07, 6.45) is 0. The molecule has 25 heavy (non-hydrogen) atoms. The van der Waals surface area contributed by atoms with Crippen LogP contribution in [0.5, 0.6) is 0 Å². The van der Waals surface area contributed by atoms with E-state index in [4.69, 9.17) is 0 Å². The minimum Gasteiger partial charge on any atom is -0.481 e. The van der Waals surface area contributed by atoms with Crippen molar-refractivity contribution in [2.45, 2.75) is 26.4 Å². The molecule has 0 radical (unpaired) electrons. The van der Waals surface area contributed by atoms with E-state index < -0.39 is 11.9 Å². The Morgan fingerprint density at radius 3 is 2.68 bits per heavy atom. The van der Waals surface area contributed by atoms with Gasteiger partial charge in [0, 0.05) is 64.5 Å². The monoisotopic (exact) mass is 346 g/mol. The standard InChI is InChI=1S/C18H26N4O3/c1-13-4-3-5-16(19-13)10-20-6-7-21-8-15(18(24)25)9-22(14(2)23)12-17(21)11-20/h3-5,15,17H,6-12H2,1-2H3,(H,24,25)/t15-,17-/m0/s1. The number of piperazine rings is 1. The van der Waals surface area contributed by atoms with Gasteiger partial charge in [-0.15, -0.1) is 0 Å². The number of nitrogens with zero attached hydrogens (tertiary/aromatic N) is 4. The van der Waals surface area contributed by atoms with Crippen LogP contribution < -0.4 is 0 Å². The maximum Gasteiger partial charge on any atom is 0.309 e. The van der Waals surface area contributed by atoms with Gasteiger partial charge in [-0.1, -0.05) is 6.07 Å². The van der Waals surface area contributed by atoms with Crippen molar-refractivity contribution in [3.8, 4) is 0 Å². The lowest BCUT2D eigenvalue weighted by Gasteiger charge is -2.41. The highest BCUT2D eigenvalue weighted by Crippen LogP contribution is 2.20. The van der Waals surface area contributed by atoms with Gasteiger partial charge in [-0.25, -0.2) is 0 Å². The van der Waals surface area contributed by atoms with Crippen LogP contribution >= 0.6 is 0 Å². The second-order valence-electron chi connectivity index (χ2n) is 7.11.